The van der Waals surface area contributed by atoms with Crippen LogP contribution in [-0.4, -0.2) is 51.3 Å². The van der Waals surface area contributed by atoms with Crippen LogP contribution in [-0.2, 0) is 0 Å². The van der Waals surface area contributed by atoms with Crippen LogP contribution in [0.3, 0.4) is 0 Å². The van der Waals surface area contributed by atoms with Crippen molar-refractivity contribution in [2.24, 2.45) is 0 Å². The number of hydrogen-bond donors (Lipinski definition) is 1. The molecule has 1 aliphatic rings. The summed E-state index contributed by atoms with van der Waals surface area (Å²) < 4.78 is 16.1. The molecule has 29 heavy (non-hydrogen) atoms. The van der Waals surface area contributed by atoms with Gasteiger partial charge in [-0.15, -0.1) is 0 Å². The zero-order chi connectivity index (χ0) is 21.0. The SMILES string of the molecule is COc1cc(C(=O)N2CCC[C@@H](Nc3ccc(C)c(C)c3)C2)cc(OC)c1OC. The molecule has 0 spiro atoms. The molecular formula is C23H30N2O4. The highest BCUT2D eigenvalue weighted by Gasteiger charge is 2.26. The lowest BCUT2D eigenvalue weighted by Crippen LogP contribution is -2.45. The molecule has 156 valence electrons. The number of likely N-dealkylation sites (tertiary alicyclic amines) is 1. The van der Waals surface area contributed by atoms with E-state index < -0.39 is 0 Å². The first kappa shape index (κ1) is 20.8. The first-order chi connectivity index (χ1) is 14.0. The lowest BCUT2D eigenvalue weighted by molar-refractivity contribution is 0.0714. The molecule has 0 bridgehead atoms. The summed E-state index contributed by atoms with van der Waals surface area (Å²) in [5.74, 6) is 1.42. The number of aryl methyl sites for hydroxylation is 2. The van der Waals surface area contributed by atoms with Crippen molar-refractivity contribution in [3.8, 4) is 17.2 Å². The van der Waals surface area contributed by atoms with Gasteiger partial charge in [0.1, 0.15) is 0 Å². The average molecular weight is 399 g/mol. The number of nitrogens with zero attached hydrogens (tertiary/aromatic N) is 1. The summed E-state index contributed by atoms with van der Waals surface area (Å²) in [6, 6.07) is 10.0. The topological polar surface area (TPSA) is 60.0 Å². The molecule has 1 fully saturated rings. The van der Waals surface area contributed by atoms with Gasteiger partial charge in [0.15, 0.2) is 11.5 Å². The van der Waals surface area contributed by atoms with Crippen LogP contribution >= 0.6 is 0 Å². The molecule has 0 saturated carbocycles. The van der Waals surface area contributed by atoms with Crippen molar-refractivity contribution >= 4 is 11.6 Å². The second-order valence-electron chi connectivity index (χ2n) is 7.45. The Bertz CT molecular complexity index is 856. The lowest BCUT2D eigenvalue weighted by Gasteiger charge is -2.34. The Balaban J connectivity index is 1.76. The van der Waals surface area contributed by atoms with E-state index >= 15 is 0 Å². The monoisotopic (exact) mass is 398 g/mol. The van der Waals surface area contributed by atoms with Crippen molar-refractivity contribution < 1.29 is 19.0 Å². The third-order valence-electron chi connectivity index (χ3n) is 5.50. The Morgan fingerprint density at radius 2 is 1.69 bits per heavy atom. The fourth-order valence-electron chi connectivity index (χ4n) is 3.73. The van der Waals surface area contributed by atoms with E-state index in [0.29, 0.717) is 29.4 Å². The van der Waals surface area contributed by atoms with Crippen molar-refractivity contribution in [1.29, 1.82) is 0 Å². The second-order valence-corrected chi connectivity index (χ2v) is 7.45. The first-order valence-electron chi connectivity index (χ1n) is 9.90. The molecule has 1 atom stereocenters. The maximum absolute atomic E-state index is 13.2. The smallest absolute Gasteiger partial charge is 0.254 e. The summed E-state index contributed by atoms with van der Waals surface area (Å²) in [7, 11) is 4.65. The van der Waals surface area contributed by atoms with Gasteiger partial charge in [0, 0.05) is 30.4 Å². The molecular weight excluding hydrogens is 368 g/mol. The first-order valence-corrected chi connectivity index (χ1v) is 9.90. The van der Waals surface area contributed by atoms with Crippen LogP contribution in [0.1, 0.15) is 34.3 Å². The Kier molecular flexibility index (Phi) is 6.52. The predicted molar refractivity (Wildman–Crippen MR) is 115 cm³/mol. The van der Waals surface area contributed by atoms with Gasteiger partial charge in [0.25, 0.3) is 5.91 Å². The van der Waals surface area contributed by atoms with E-state index in [-0.39, 0.29) is 11.9 Å². The summed E-state index contributed by atoms with van der Waals surface area (Å²) in [6.45, 7) is 5.61. The number of carbonyl (C=O) groups excluding carboxylic acids is 1. The second kappa shape index (κ2) is 9.07. The third kappa shape index (κ3) is 4.58. The van der Waals surface area contributed by atoms with E-state index in [1.807, 2.05) is 4.90 Å². The molecule has 0 aromatic heterocycles. The van der Waals surface area contributed by atoms with Crippen LogP contribution in [0.5, 0.6) is 17.2 Å². The Hall–Kier alpha value is -2.89. The molecule has 1 amide bonds. The number of piperidine rings is 1. The van der Waals surface area contributed by atoms with Crippen molar-refractivity contribution in [3.63, 3.8) is 0 Å². The molecule has 1 N–H and O–H groups in total. The minimum absolute atomic E-state index is 0.0316. The van der Waals surface area contributed by atoms with Crippen LogP contribution < -0.4 is 19.5 Å². The summed E-state index contributed by atoms with van der Waals surface area (Å²) in [6.07, 6.45) is 1.99. The Morgan fingerprint density at radius 3 is 2.28 bits per heavy atom. The number of amides is 1. The number of ether oxygens (including phenoxy) is 3. The molecule has 0 radical (unpaired) electrons. The van der Waals surface area contributed by atoms with Gasteiger partial charge in [0.2, 0.25) is 5.75 Å². The quantitative estimate of drug-likeness (QED) is 0.796. The number of rotatable bonds is 6. The van der Waals surface area contributed by atoms with Gasteiger partial charge in [-0.2, -0.15) is 0 Å². The highest BCUT2D eigenvalue weighted by molar-refractivity contribution is 5.95. The van der Waals surface area contributed by atoms with E-state index in [0.717, 1.165) is 25.1 Å². The maximum Gasteiger partial charge on any atom is 0.254 e. The maximum atomic E-state index is 13.2. The van der Waals surface area contributed by atoms with Crippen molar-refractivity contribution in [1.82, 2.24) is 4.90 Å². The summed E-state index contributed by atoms with van der Waals surface area (Å²) >= 11 is 0. The van der Waals surface area contributed by atoms with Crippen LogP contribution in [0.2, 0.25) is 0 Å². The molecule has 2 aromatic rings. The molecule has 1 aliphatic heterocycles. The van der Waals surface area contributed by atoms with E-state index in [4.69, 9.17) is 14.2 Å². The van der Waals surface area contributed by atoms with E-state index in [9.17, 15) is 4.79 Å². The molecule has 6 nitrogen and oxygen atoms in total. The average Bonchev–Trinajstić information content (AvgIpc) is 2.74. The molecule has 0 unspecified atom stereocenters. The minimum Gasteiger partial charge on any atom is -0.493 e. The number of hydrogen-bond acceptors (Lipinski definition) is 5. The van der Waals surface area contributed by atoms with E-state index in [1.54, 1.807) is 33.5 Å². The van der Waals surface area contributed by atoms with Crippen LogP contribution in [0.25, 0.3) is 0 Å². The molecule has 0 aliphatic carbocycles. The number of nitrogens with one attached hydrogen (secondary N) is 1. The standard InChI is InChI=1S/C23H30N2O4/c1-15-8-9-18(11-16(15)2)24-19-7-6-10-25(14-19)23(26)17-12-20(27-3)22(29-5)21(13-17)28-4/h8-9,11-13,19,24H,6-7,10,14H2,1-5H3/t19-/m1/s1. The molecule has 6 heteroatoms. The van der Waals surface area contributed by atoms with Crippen molar-refractivity contribution in [2.45, 2.75) is 32.7 Å². The highest BCUT2D eigenvalue weighted by Crippen LogP contribution is 2.38. The molecule has 1 saturated heterocycles. The van der Waals surface area contributed by atoms with Gasteiger partial charge in [-0.3, -0.25) is 4.79 Å². The van der Waals surface area contributed by atoms with Gasteiger partial charge in [-0.25, -0.2) is 0 Å². The highest BCUT2D eigenvalue weighted by atomic mass is 16.5. The molecule has 1 heterocycles. The van der Waals surface area contributed by atoms with Crippen molar-refractivity contribution in [3.05, 3.63) is 47.0 Å². The van der Waals surface area contributed by atoms with Crippen LogP contribution in [0, 0.1) is 13.8 Å². The Morgan fingerprint density at radius 1 is 1.00 bits per heavy atom. The van der Waals surface area contributed by atoms with Gasteiger partial charge < -0.3 is 24.4 Å². The number of methoxy groups -OCH3 is 3. The summed E-state index contributed by atoms with van der Waals surface area (Å²) in [4.78, 5) is 15.1. The van der Waals surface area contributed by atoms with Crippen LogP contribution in [0.15, 0.2) is 30.3 Å². The third-order valence-corrected chi connectivity index (χ3v) is 5.50. The van der Waals surface area contributed by atoms with Gasteiger partial charge in [-0.1, -0.05) is 6.07 Å². The summed E-state index contributed by atoms with van der Waals surface area (Å²) in [5, 5.41) is 3.59. The van der Waals surface area contributed by atoms with Gasteiger partial charge in [0.05, 0.1) is 21.3 Å². The molecule has 3 rings (SSSR count). The van der Waals surface area contributed by atoms with Gasteiger partial charge in [-0.05, 0) is 62.1 Å². The van der Waals surface area contributed by atoms with E-state index in [1.165, 1.54) is 11.1 Å². The summed E-state index contributed by atoms with van der Waals surface area (Å²) in [5.41, 5.74) is 4.17. The Labute approximate surface area is 172 Å². The normalized spacial score (nSPS) is 16.3. The van der Waals surface area contributed by atoms with Crippen molar-refractivity contribution in [2.75, 3.05) is 39.7 Å². The fraction of sp³-hybridized carbons (Fsp3) is 0.435. The van der Waals surface area contributed by atoms with Gasteiger partial charge >= 0.3 is 0 Å². The largest absolute Gasteiger partial charge is 0.493 e. The number of anilines is 1. The zero-order valence-electron chi connectivity index (χ0n) is 17.9. The number of benzene rings is 2. The number of carbonyl (C=O) groups is 1. The van der Waals surface area contributed by atoms with Crippen LogP contribution in [0.4, 0.5) is 5.69 Å². The zero-order valence-corrected chi connectivity index (χ0v) is 17.9. The fourth-order valence-corrected chi connectivity index (χ4v) is 3.73. The minimum atomic E-state index is -0.0316. The lowest BCUT2D eigenvalue weighted by atomic mass is 10.0. The predicted octanol–water partition coefficient (Wildman–Crippen LogP) is 4.05. The van der Waals surface area contributed by atoms with E-state index in [2.05, 4.69) is 37.4 Å². The molecule has 2 aromatic carbocycles.